The highest BCUT2D eigenvalue weighted by Crippen LogP contribution is 2.07. The van der Waals surface area contributed by atoms with Crippen LogP contribution in [0.15, 0.2) is 60.7 Å². The fraction of sp³-hybridized carbons (Fsp3) is 0.333. The molecule has 0 radical (unpaired) electrons. The zero-order valence-corrected chi connectivity index (χ0v) is 16.6. The van der Waals surface area contributed by atoms with Gasteiger partial charge < -0.3 is 5.32 Å². The van der Waals surface area contributed by atoms with E-state index >= 15 is 0 Å². The van der Waals surface area contributed by atoms with Gasteiger partial charge in [-0.25, -0.2) is 0 Å². The number of rotatable bonds is 11. The van der Waals surface area contributed by atoms with Crippen LogP contribution in [0.4, 0.5) is 0 Å². The third-order valence-corrected chi connectivity index (χ3v) is 4.61. The lowest BCUT2D eigenvalue weighted by molar-refractivity contribution is -0.116. The van der Waals surface area contributed by atoms with E-state index in [0.717, 1.165) is 44.5 Å². The quantitative estimate of drug-likeness (QED) is 0.468. The first-order valence-electron chi connectivity index (χ1n) is 9.93. The van der Waals surface area contributed by atoms with Crippen LogP contribution in [0.5, 0.6) is 0 Å². The van der Waals surface area contributed by atoms with Crippen LogP contribution in [0.1, 0.15) is 42.9 Å². The predicted molar refractivity (Wildman–Crippen MR) is 114 cm³/mol. The molecule has 0 unspecified atom stereocenters. The van der Waals surface area contributed by atoms with Crippen molar-refractivity contribution in [1.29, 1.82) is 5.26 Å². The van der Waals surface area contributed by atoms with Crippen LogP contribution >= 0.6 is 0 Å². The lowest BCUT2D eigenvalue weighted by atomic mass is 10.1. The summed E-state index contributed by atoms with van der Waals surface area (Å²) < 4.78 is 0. The van der Waals surface area contributed by atoms with Crippen LogP contribution in [0.3, 0.4) is 0 Å². The van der Waals surface area contributed by atoms with E-state index in [1.807, 2.05) is 18.2 Å². The summed E-state index contributed by atoms with van der Waals surface area (Å²) in [6.45, 7) is 6.02. The molecule has 4 heteroatoms. The maximum Gasteiger partial charge on any atom is 0.243 e. The van der Waals surface area contributed by atoms with Crippen molar-refractivity contribution in [3.63, 3.8) is 0 Å². The Hall–Kier alpha value is -2.90. The van der Waals surface area contributed by atoms with Gasteiger partial charge in [0.1, 0.15) is 0 Å². The Balaban J connectivity index is 1.58. The molecule has 0 aliphatic heterocycles. The van der Waals surface area contributed by atoms with Crippen LogP contribution < -0.4 is 5.32 Å². The summed E-state index contributed by atoms with van der Waals surface area (Å²) in [5.41, 5.74) is 2.88. The van der Waals surface area contributed by atoms with Crippen molar-refractivity contribution >= 4 is 12.0 Å². The number of amides is 1. The summed E-state index contributed by atoms with van der Waals surface area (Å²) in [5, 5.41) is 11.7. The van der Waals surface area contributed by atoms with Gasteiger partial charge >= 0.3 is 0 Å². The molecule has 0 bridgehead atoms. The normalized spacial score (nSPS) is 10.9. The minimum atomic E-state index is -0.0800. The summed E-state index contributed by atoms with van der Waals surface area (Å²) in [6, 6.07) is 19.8. The zero-order valence-electron chi connectivity index (χ0n) is 16.6. The van der Waals surface area contributed by atoms with Gasteiger partial charge in [-0.2, -0.15) is 5.26 Å². The smallest absolute Gasteiger partial charge is 0.243 e. The van der Waals surface area contributed by atoms with Crippen molar-refractivity contribution in [3.05, 3.63) is 77.4 Å². The van der Waals surface area contributed by atoms with Crippen molar-refractivity contribution < 1.29 is 4.79 Å². The second-order valence-corrected chi connectivity index (χ2v) is 6.77. The van der Waals surface area contributed by atoms with Gasteiger partial charge in [-0.1, -0.05) is 55.8 Å². The molecular weight excluding hydrogens is 346 g/mol. The van der Waals surface area contributed by atoms with E-state index < -0.39 is 0 Å². The van der Waals surface area contributed by atoms with Crippen LogP contribution in [-0.4, -0.2) is 30.4 Å². The van der Waals surface area contributed by atoms with Crippen LogP contribution in [0.25, 0.3) is 6.08 Å². The average Bonchev–Trinajstić information content (AvgIpc) is 2.74. The van der Waals surface area contributed by atoms with Gasteiger partial charge in [-0.15, -0.1) is 0 Å². The number of nitriles is 1. The highest BCUT2D eigenvalue weighted by Gasteiger charge is 2.03. The Morgan fingerprint density at radius 2 is 1.82 bits per heavy atom. The van der Waals surface area contributed by atoms with E-state index in [1.54, 1.807) is 24.3 Å². The molecule has 0 spiro atoms. The van der Waals surface area contributed by atoms with Crippen molar-refractivity contribution in [2.45, 2.75) is 32.7 Å². The largest absolute Gasteiger partial charge is 0.353 e. The Morgan fingerprint density at radius 3 is 2.50 bits per heavy atom. The molecule has 0 aliphatic carbocycles. The number of nitrogens with one attached hydrogen (secondary N) is 1. The molecule has 2 aromatic carbocycles. The second kappa shape index (κ2) is 12.5. The lowest BCUT2D eigenvalue weighted by Crippen LogP contribution is -2.25. The Kier molecular flexibility index (Phi) is 9.54. The number of hydrogen-bond acceptors (Lipinski definition) is 3. The van der Waals surface area contributed by atoms with E-state index in [9.17, 15) is 4.79 Å². The van der Waals surface area contributed by atoms with Gasteiger partial charge in [0.15, 0.2) is 0 Å². The Labute approximate surface area is 168 Å². The molecule has 0 saturated carbocycles. The maximum atomic E-state index is 11.9. The van der Waals surface area contributed by atoms with Gasteiger partial charge in [0.05, 0.1) is 11.6 Å². The minimum Gasteiger partial charge on any atom is -0.353 e. The number of carbonyl (C=O) groups excluding carboxylic acids is 1. The van der Waals surface area contributed by atoms with Crippen molar-refractivity contribution in [1.82, 2.24) is 10.2 Å². The molecule has 28 heavy (non-hydrogen) atoms. The fourth-order valence-corrected chi connectivity index (χ4v) is 2.94. The maximum absolute atomic E-state index is 11.9. The first-order valence-corrected chi connectivity index (χ1v) is 9.93. The monoisotopic (exact) mass is 375 g/mol. The number of unbranched alkanes of at least 4 members (excludes halogenated alkanes) is 2. The molecule has 0 fully saturated rings. The van der Waals surface area contributed by atoms with Gasteiger partial charge in [0, 0.05) is 19.2 Å². The van der Waals surface area contributed by atoms with E-state index in [4.69, 9.17) is 5.26 Å². The SMILES string of the molecule is CCN(CCCCCNC(=O)/C=C/c1ccc(C#N)cc1)Cc1ccccc1. The molecule has 4 nitrogen and oxygen atoms in total. The average molecular weight is 376 g/mol. The third-order valence-electron chi connectivity index (χ3n) is 4.61. The molecule has 1 amide bonds. The summed E-state index contributed by atoms with van der Waals surface area (Å²) in [7, 11) is 0. The molecule has 146 valence electrons. The fourth-order valence-electron chi connectivity index (χ4n) is 2.94. The molecule has 0 saturated heterocycles. The predicted octanol–water partition coefficient (Wildman–Crippen LogP) is 4.38. The first kappa shape index (κ1) is 21.4. The topological polar surface area (TPSA) is 56.1 Å². The Bertz CT molecular complexity index is 776. The molecule has 0 heterocycles. The summed E-state index contributed by atoms with van der Waals surface area (Å²) in [6.07, 6.45) is 6.53. The summed E-state index contributed by atoms with van der Waals surface area (Å²) in [4.78, 5) is 14.3. The number of nitrogens with zero attached hydrogens (tertiary/aromatic N) is 2. The van der Waals surface area contributed by atoms with E-state index in [0.29, 0.717) is 12.1 Å². The number of benzene rings is 2. The number of carbonyl (C=O) groups is 1. The molecule has 1 N–H and O–H groups in total. The zero-order chi connectivity index (χ0) is 20.0. The van der Waals surface area contributed by atoms with Gasteiger partial charge in [0.25, 0.3) is 0 Å². The highest BCUT2D eigenvalue weighted by molar-refractivity contribution is 5.91. The molecule has 0 aromatic heterocycles. The van der Waals surface area contributed by atoms with Gasteiger partial charge in [-0.3, -0.25) is 9.69 Å². The molecule has 2 aromatic rings. The third kappa shape index (κ3) is 8.20. The van der Waals surface area contributed by atoms with Crippen molar-refractivity contribution in [3.8, 4) is 6.07 Å². The van der Waals surface area contributed by atoms with E-state index in [1.165, 1.54) is 5.56 Å². The molecular formula is C24H29N3O. The van der Waals surface area contributed by atoms with E-state index in [2.05, 4.69) is 47.5 Å². The van der Waals surface area contributed by atoms with Gasteiger partial charge in [0.2, 0.25) is 5.91 Å². The highest BCUT2D eigenvalue weighted by atomic mass is 16.1. The second-order valence-electron chi connectivity index (χ2n) is 6.77. The lowest BCUT2D eigenvalue weighted by Gasteiger charge is -2.20. The van der Waals surface area contributed by atoms with Crippen molar-refractivity contribution in [2.75, 3.05) is 19.6 Å². The standard InChI is InChI=1S/C24H29N3O/c1-2-27(20-23-9-5-3-6-10-23)18-8-4-7-17-26-24(28)16-15-21-11-13-22(19-25)14-12-21/h3,5-6,9-16H,2,4,7-8,17-18,20H2,1H3,(H,26,28)/b16-15+. The first-order chi connectivity index (χ1) is 13.7. The summed E-state index contributed by atoms with van der Waals surface area (Å²) >= 11 is 0. The van der Waals surface area contributed by atoms with Crippen molar-refractivity contribution in [2.24, 2.45) is 0 Å². The van der Waals surface area contributed by atoms with Crippen LogP contribution in [-0.2, 0) is 11.3 Å². The molecule has 2 rings (SSSR count). The summed E-state index contributed by atoms with van der Waals surface area (Å²) in [5.74, 6) is -0.0800. The van der Waals surface area contributed by atoms with Crippen LogP contribution in [0.2, 0.25) is 0 Å². The Morgan fingerprint density at radius 1 is 1.07 bits per heavy atom. The number of hydrogen-bond donors (Lipinski definition) is 1. The van der Waals surface area contributed by atoms with E-state index in [-0.39, 0.29) is 5.91 Å². The van der Waals surface area contributed by atoms with Crippen LogP contribution in [0, 0.1) is 11.3 Å². The minimum absolute atomic E-state index is 0.0800. The molecule has 0 aliphatic rings. The van der Waals surface area contributed by atoms with Gasteiger partial charge in [-0.05, 0) is 55.3 Å². The molecule has 0 atom stereocenters.